The molecule has 0 aliphatic rings. The Kier molecular flexibility index (Phi) is 5.94. The van der Waals surface area contributed by atoms with Gasteiger partial charge >= 0.3 is 0 Å². The van der Waals surface area contributed by atoms with Gasteiger partial charge in [-0.1, -0.05) is 13.3 Å². The van der Waals surface area contributed by atoms with Crippen molar-refractivity contribution in [2.45, 2.75) is 32.8 Å². The van der Waals surface area contributed by atoms with Crippen molar-refractivity contribution in [3.05, 3.63) is 0 Å². The topological polar surface area (TPSA) is 9.23 Å². The molecule has 0 bridgehead atoms. The first-order valence-corrected chi connectivity index (χ1v) is 3.52. The highest BCUT2D eigenvalue weighted by Gasteiger charge is 2.04. The van der Waals surface area contributed by atoms with Gasteiger partial charge in [0.25, 0.3) is 0 Å². The molecule has 1 atom stereocenters. The summed E-state index contributed by atoms with van der Waals surface area (Å²) in [5.41, 5.74) is 0. The molecule has 0 aromatic rings. The molecule has 0 aromatic heterocycles. The van der Waals surface area contributed by atoms with Crippen LogP contribution in [0.5, 0.6) is 0 Å². The minimum atomic E-state index is -0.346. The fourth-order valence-corrected chi connectivity index (χ4v) is 0.763. The van der Waals surface area contributed by atoms with Crippen LogP contribution in [0.3, 0.4) is 0 Å². The minimum Gasteiger partial charge on any atom is -0.376 e. The molecule has 1 unspecified atom stereocenters. The Morgan fingerprint density at radius 1 is 1.44 bits per heavy atom. The number of halogens is 1. The van der Waals surface area contributed by atoms with Crippen LogP contribution in [0.25, 0.3) is 0 Å². The second kappa shape index (κ2) is 6.02. The van der Waals surface area contributed by atoms with Gasteiger partial charge in [-0.2, -0.15) is 0 Å². The molecule has 0 rings (SSSR count). The molecule has 2 heteroatoms. The van der Waals surface area contributed by atoms with E-state index < -0.39 is 0 Å². The van der Waals surface area contributed by atoms with Gasteiger partial charge in [-0.05, 0) is 13.3 Å². The SMILES string of the molecule is CCCC(CF)OCC. The quantitative estimate of drug-likeness (QED) is 0.560. The Morgan fingerprint density at radius 2 is 2.11 bits per heavy atom. The van der Waals surface area contributed by atoms with Gasteiger partial charge in [-0.3, -0.25) is 0 Å². The average Bonchev–Trinajstić information content (AvgIpc) is 1.88. The molecule has 0 N–H and O–H groups in total. The van der Waals surface area contributed by atoms with Crippen molar-refractivity contribution in [1.29, 1.82) is 0 Å². The number of ether oxygens (including phenoxy) is 1. The molecule has 56 valence electrons. The third-order valence-corrected chi connectivity index (χ3v) is 1.19. The van der Waals surface area contributed by atoms with E-state index in [1.54, 1.807) is 0 Å². The largest absolute Gasteiger partial charge is 0.376 e. The van der Waals surface area contributed by atoms with Crippen LogP contribution in [-0.4, -0.2) is 19.4 Å². The van der Waals surface area contributed by atoms with E-state index in [1.165, 1.54) is 0 Å². The van der Waals surface area contributed by atoms with E-state index in [0.717, 1.165) is 12.8 Å². The standard InChI is InChI=1S/C7H15FO/c1-3-5-7(6-8)9-4-2/h7H,3-6H2,1-2H3. The normalized spacial score (nSPS) is 13.7. The lowest BCUT2D eigenvalue weighted by Crippen LogP contribution is -2.14. The van der Waals surface area contributed by atoms with Crippen molar-refractivity contribution in [1.82, 2.24) is 0 Å². The van der Waals surface area contributed by atoms with E-state index in [2.05, 4.69) is 0 Å². The van der Waals surface area contributed by atoms with Crippen LogP contribution in [0.2, 0.25) is 0 Å². The van der Waals surface area contributed by atoms with Crippen LogP contribution in [0.15, 0.2) is 0 Å². The van der Waals surface area contributed by atoms with E-state index in [1.807, 2.05) is 13.8 Å². The third-order valence-electron chi connectivity index (χ3n) is 1.19. The van der Waals surface area contributed by atoms with E-state index in [-0.39, 0.29) is 12.8 Å². The Morgan fingerprint density at radius 3 is 2.44 bits per heavy atom. The summed E-state index contributed by atoms with van der Waals surface area (Å²) in [5, 5.41) is 0. The monoisotopic (exact) mass is 134 g/mol. The smallest absolute Gasteiger partial charge is 0.116 e. The predicted molar refractivity (Wildman–Crippen MR) is 36.3 cm³/mol. The van der Waals surface area contributed by atoms with Gasteiger partial charge in [-0.15, -0.1) is 0 Å². The van der Waals surface area contributed by atoms with Gasteiger partial charge in [0.2, 0.25) is 0 Å². The van der Waals surface area contributed by atoms with Crippen LogP contribution in [0.4, 0.5) is 4.39 Å². The van der Waals surface area contributed by atoms with Gasteiger partial charge in [0, 0.05) is 6.61 Å². The summed E-state index contributed by atoms with van der Waals surface area (Å²) in [6, 6.07) is 0. The van der Waals surface area contributed by atoms with Crippen molar-refractivity contribution in [3.63, 3.8) is 0 Å². The van der Waals surface area contributed by atoms with Gasteiger partial charge < -0.3 is 4.74 Å². The summed E-state index contributed by atoms with van der Waals surface area (Å²) in [7, 11) is 0. The van der Waals surface area contributed by atoms with Crippen LogP contribution in [0, 0.1) is 0 Å². The van der Waals surface area contributed by atoms with E-state index in [4.69, 9.17) is 4.74 Å². The third kappa shape index (κ3) is 4.40. The van der Waals surface area contributed by atoms with Crippen molar-refractivity contribution < 1.29 is 9.13 Å². The highest BCUT2D eigenvalue weighted by Crippen LogP contribution is 2.01. The maximum Gasteiger partial charge on any atom is 0.116 e. The van der Waals surface area contributed by atoms with Gasteiger partial charge in [0.15, 0.2) is 0 Å². The molecule has 0 radical (unpaired) electrons. The summed E-state index contributed by atoms with van der Waals surface area (Å²) in [6.07, 6.45) is 1.68. The summed E-state index contributed by atoms with van der Waals surface area (Å²) < 4.78 is 17.0. The molecule has 0 saturated carbocycles. The number of alkyl halides is 1. The molecule has 0 fully saturated rings. The maximum absolute atomic E-state index is 11.9. The van der Waals surface area contributed by atoms with Crippen molar-refractivity contribution in [2.24, 2.45) is 0 Å². The van der Waals surface area contributed by atoms with Crippen LogP contribution in [-0.2, 0) is 4.74 Å². The van der Waals surface area contributed by atoms with Crippen LogP contribution < -0.4 is 0 Å². The van der Waals surface area contributed by atoms with Gasteiger partial charge in [0.05, 0.1) is 6.10 Å². The Balaban J connectivity index is 3.18. The van der Waals surface area contributed by atoms with E-state index in [9.17, 15) is 4.39 Å². The van der Waals surface area contributed by atoms with Crippen molar-refractivity contribution in [3.8, 4) is 0 Å². The number of hydrogen-bond donors (Lipinski definition) is 0. The molecular weight excluding hydrogens is 119 g/mol. The van der Waals surface area contributed by atoms with Crippen LogP contribution in [0.1, 0.15) is 26.7 Å². The van der Waals surface area contributed by atoms with Gasteiger partial charge in [-0.25, -0.2) is 4.39 Å². The Hall–Kier alpha value is -0.110. The maximum atomic E-state index is 11.9. The van der Waals surface area contributed by atoms with E-state index >= 15 is 0 Å². The fourth-order valence-electron chi connectivity index (χ4n) is 0.763. The molecule has 0 aliphatic heterocycles. The molecule has 1 nitrogen and oxygen atoms in total. The minimum absolute atomic E-state index is 0.153. The number of rotatable bonds is 5. The first-order chi connectivity index (χ1) is 4.35. The van der Waals surface area contributed by atoms with Crippen molar-refractivity contribution in [2.75, 3.05) is 13.3 Å². The summed E-state index contributed by atoms with van der Waals surface area (Å²) >= 11 is 0. The molecule has 0 amide bonds. The summed E-state index contributed by atoms with van der Waals surface area (Å²) in [6.45, 7) is 4.19. The molecule has 0 saturated heterocycles. The summed E-state index contributed by atoms with van der Waals surface area (Å²) in [4.78, 5) is 0. The highest BCUT2D eigenvalue weighted by molar-refractivity contribution is 4.52. The lowest BCUT2D eigenvalue weighted by Gasteiger charge is -2.10. The highest BCUT2D eigenvalue weighted by atomic mass is 19.1. The molecule has 0 aliphatic carbocycles. The zero-order chi connectivity index (χ0) is 7.11. The average molecular weight is 134 g/mol. The molecular formula is C7H15FO. The first-order valence-electron chi connectivity index (χ1n) is 3.52. The fraction of sp³-hybridized carbons (Fsp3) is 1.00. The lowest BCUT2D eigenvalue weighted by molar-refractivity contribution is 0.0383. The zero-order valence-electron chi connectivity index (χ0n) is 6.19. The second-order valence-corrected chi connectivity index (χ2v) is 2.02. The van der Waals surface area contributed by atoms with Gasteiger partial charge in [0.1, 0.15) is 6.67 Å². The Bertz CT molecular complexity index is 50.9. The van der Waals surface area contributed by atoms with Crippen molar-refractivity contribution >= 4 is 0 Å². The molecule has 0 spiro atoms. The molecule has 0 heterocycles. The zero-order valence-corrected chi connectivity index (χ0v) is 6.19. The summed E-state index contributed by atoms with van der Waals surface area (Å²) in [5.74, 6) is 0. The van der Waals surface area contributed by atoms with Crippen LogP contribution >= 0.6 is 0 Å². The van der Waals surface area contributed by atoms with E-state index in [0.29, 0.717) is 6.61 Å². The number of hydrogen-bond acceptors (Lipinski definition) is 1. The first kappa shape index (κ1) is 8.89. The second-order valence-electron chi connectivity index (χ2n) is 2.02. The molecule has 9 heavy (non-hydrogen) atoms. The predicted octanol–water partition coefficient (Wildman–Crippen LogP) is 2.16. The Labute approximate surface area is 56.2 Å². The molecule has 0 aromatic carbocycles. The lowest BCUT2D eigenvalue weighted by atomic mass is 10.2.